The van der Waals surface area contributed by atoms with Crippen LogP contribution in [0.4, 0.5) is 26.6 Å². The minimum Gasteiger partial charge on any atom is -0.389 e. The molecule has 16 nitrogen and oxygen atoms in total. The number of halogens is 2. The second kappa shape index (κ2) is 16.7. The van der Waals surface area contributed by atoms with E-state index in [9.17, 15) is 29.1 Å². The summed E-state index contributed by atoms with van der Waals surface area (Å²) >= 11 is 7.95. The minimum atomic E-state index is -1.11. The molecular formula is C48H48ClFN10O6S. The van der Waals surface area contributed by atoms with Crippen molar-refractivity contribution in [3.8, 4) is 11.1 Å². The summed E-state index contributed by atoms with van der Waals surface area (Å²) in [5.74, 6) is -2.07. The third kappa shape index (κ3) is 8.07. The van der Waals surface area contributed by atoms with Gasteiger partial charge in [0, 0.05) is 97.4 Å². The number of carbonyl (C=O) groups excluding carboxylic acids is 5. The number of imidazole rings is 1. The molecule has 5 amide bonds. The average Bonchev–Trinajstić information content (AvgIpc) is 4.10. The van der Waals surface area contributed by atoms with E-state index in [2.05, 4.69) is 35.7 Å². The Bertz CT molecular complexity index is 2820. The van der Waals surface area contributed by atoms with E-state index in [1.807, 2.05) is 45.9 Å². The summed E-state index contributed by atoms with van der Waals surface area (Å²) < 4.78 is 18.0. The highest BCUT2D eigenvalue weighted by molar-refractivity contribution is 7.13. The molecule has 0 aliphatic carbocycles. The first kappa shape index (κ1) is 43.2. The number of amides is 5. The zero-order valence-corrected chi connectivity index (χ0v) is 38.0. The first-order chi connectivity index (χ1) is 32.3. The van der Waals surface area contributed by atoms with Gasteiger partial charge < -0.3 is 34.6 Å². The van der Waals surface area contributed by atoms with Gasteiger partial charge in [0.15, 0.2) is 11.2 Å². The van der Waals surface area contributed by atoms with Gasteiger partial charge in [-0.1, -0.05) is 23.7 Å². The van der Waals surface area contributed by atoms with Crippen LogP contribution in [0, 0.1) is 11.2 Å². The molecule has 11 rings (SSSR count). The van der Waals surface area contributed by atoms with Crippen LogP contribution in [0.15, 0.2) is 72.5 Å². The van der Waals surface area contributed by atoms with Crippen LogP contribution in [0.25, 0.3) is 11.1 Å². The minimum absolute atomic E-state index is 0.00264. The number of carbonyl (C=O) groups is 5. The maximum absolute atomic E-state index is 16.0. The van der Waals surface area contributed by atoms with Gasteiger partial charge in [0.2, 0.25) is 17.7 Å². The van der Waals surface area contributed by atoms with Crippen molar-refractivity contribution < 1.29 is 33.5 Å². The zero-order valence-electron chi connectivity index (χ0n) is 36.5. The number of rotatable bonds is 11. The normalized spacial score (nSPS) is 20.8. The second-order valence-corrected chi connectivity index (χ2v) is 20.2. The molecule has 1 spiro atoms. The standard InChI is InChI=1S/C48H48ClFN10O6S/c49-34-20-30(53-36-8-10-39(61)54-43(36)63)5-9-37(34)56-15-11-48(66,12-16-56)21-40(62)59-25-47(26-59)23-58(24-47)31-6-3-28(4-7-31)29-18-32-33(35(50)19-29)22-60(45(32)65)42(44(64)55-46-51-13-17-67-46)41-38-2-1-14-57(38)27-52-41/h3-7,9,13,17-20,27,36,42,53,66H,1-2,8,10-12,14-16,21-26H2,(H,51,55,64)(H,54,61,63). The summed E-state index contributed by atoms with van der Waals surface area (Å²) in [5, 5.41) is 22.5. The first-order valence-electron chi connectivity index (χ1n) is 22.7. The first-order valence-corrected chi connectivity index (χ1v) is 23.9. The zero-order chi connectivity index (χ0) is 46.2. The van der Waals surface area contributed by atoms with Crippen LogP contribution in [0.3, 0.4) is 0 Å². The van der Waals surface area contributed by atoms with Crippen molar-refractivity contribution in [1.29, 1.82) is 0 Å². The molecule has 6 aliphatic heterocycles. The number of aliphatic hydroxyl groups is 1. The maximum Gasteiger partial charge on any atom is 0.255 e. The average molecular weight is 947 g/mol. The number of hydrogen-bond donors (Lipinski definition) is 4. The number of fused-ring (bicyclic) bond motifs is 2. The Kier molecular flexibility index (Phi) is 10.8. The molecule has 4 N–H and O–H groups in total. The second-order valence-electron chi connectivity index (χ2n) is 18.9. The predicted molar refractivity (Wildman–Crippen MR) is 249 cm³/mol. The molecule has 0 radical (unpaired) electrons. The van der Waals surface area contributed by atoms with Crippen molar-refractivity contribution in [3.05, 3.63) is 106 Å². The van der Waals surface area contributed by atoms with Gasteiger partial charge in [-0.2, -0.15) is 0 Å². The fourth-order valence-corrected chi connectivity index (χ4v) is 11.6. The Morgan fingerprint density at radius 3 is 2.48 bits per heavy atom. The lowest BCUT2D eigenvalue weighted by Gasteiger charge is -2.61. The lowest BCUT2D eigenvalue weighted by atomic mass is 9.72. The van der Waals surface area contributed by atoms with Crippen LogP contribution >= 0.6 is 22.9 Å². The molecule has 2 unspecified atom stereocenters. The lowest BCUT2D eigenvalue weighted by molar-refractivity contribution is -0.151. The fraction of sp³-hybridized carbons (Fsp3) is 0.396. The highest BCUT2D eigenvalue weighted by Gasteiger charge is 2.54. The molecule has 3 aromatic carbocycles. The SMILES string of the molecule is O=C1CCC(Nc2ccc(N3CCC(O)(CC(=O)N4CC5(C4)CN(c4ccc(-c6cc(F)c7c(c6)C(=O)N(C(C(=O)Nc6nccs6)c6ncn8c6CCC8)C7)cc4)C5)CC3)c(Cl)c2)C(=O)N1. The molecule has 6 aliphatic rings. The van der Waals surface area contributed by atoms with Gasteiger partial charge in [-0.3, -0.25) is 34.6 Å². The third-order valence-corrected chi connectivity index (χ3v) is 15.3. The van der Waals surface area contributed by atoms with Crippen LogP contribution < -0.4 is 25.8 Å². The van der Waals surface area contributed by atoms with Gasteiger partial charge in [-0.05, 0) is 85.7 Å². The van der Waals surface area contributed by atoms with Crippen molar-refractivity contribution in [2.75, 3.05) is 59.7 Å². The van der Waals surface area contributed by atoms with E-state index in [-0.39, 0.29) is 53.6 Å². The molecule has 19 heteroatoms. The number of imide groups is 1. The number of piperidine rings is 2. The van der Waals surface area contributed by atoms with Crippen LogP contribution in [-0.4, -0.2) is 110 Å². The largest absolute Gasteiger partial charge is 0.389 e. The van der Waals surface area contributed by atoms with Gasteiger partial charge in [0.05, 0.1) is 41.3 Å². The number of nitrogens with one attached hydrogen (secondary N) is 3. The van der Waals surface area contributed by atoms with E-state index in [0.717, 1.165) is 55.1 Å². The van der Waals surface area contributed by atoms with E-state index in [1.54, 1.807) is 30.0 Å². The summed E-state index contributed by atoms with van der Waals surface area (Å²) in [6.07, 6.45) is 6.52. The van der Waals surface area contributed by atoms with E-state index in [1.165, 1.54) is 22.3 Å². The van der Waals surface area contributed by atoms with E-state index < -0.39 is 35.3 Å². The number of anilines is 4. The molecule has 0 bridgehead atoms. The van der Waals surface area contributed by atoms with Gasteiger partial charge in [-0.25, -0.2) is 14.4 Å². The lowest BCUT2D eigenvalue weighted by Crippen LogP contribution is -2.73. The number of nitrogens with zero attached hydrogens (tertiary/aromatic N) is 7. The smallest absolute Gasteiger partial charge is 0.255 e. The van der Waals surface area contributed by atoms with Crippen molar-refractivity contribution in [2.45, 2.75) is 75.7 Å². The summed E-state index contributed by atoms with van der Waals surface area (Å²) in [5.41, 5.74) is 4.57. The van der Waals surface area contributed by atoms with Crippen molar-refractivity contribution in [2.24, 2.45) is 5.41 Å². The number of benzene rings is 3. The summed E-state index contributed by atoms with van der Waals surface area (Å²) in [6.45, 7) is 4.62. The number of hydrogen-bond acceptors (Lipinski definition) is 12. The molecule has 2 aromatic heterocycles. The molecular weight excluding hydrogens is 899 g/mol. The summed E-state index contributed by atoms with van der Waals surface area (Å²) in [4.78, 5) is 81.5. The van der Waals surface area contributed by atoms with E-state index >= 15 is 4.39 Å². The van der Waals surface area contributed by atoms with Crippen LogP contribution in [0.2, 0.25) is 5.02 Å². The predicted octanol–water partition coefficient (Wildman–Crippen LogP) is 5.37. The quantitative estimate of drug-likeness (QED) is 0.125. The Balaban J connectivity index is 0.675. The van der Waals surface area contributed by atoms with Gasteiger partial charge in [0.25, 0.3) is 11.8 Å². The Labute approximate surface area is 394 Å². The Morgan fingerprint density at radius 2 is 1.75 bits per heavy atom. The van der Waals surface area contributed by atoms with E-state index in [0.29, 0.717) is 72.5 Å². The highest BCUT2D eigenvalue weighted by Crippen LogP contribution is 2.44. The highest BCUT2D eigenvalue weighted by atomic mass is 35.5. The molecule has 346 valence electrons. The Hall–Kier alpha value is -6.37. The summed E-state index contributed by atoms with van der Waals surface area (Å²) in [7, 11) is 0. The molecule has 4 fully saturated rings. The van der Waals surface area contributed by atoms with Crippen molar-refractivity contribution in [1.82, 2.24) is 29.7 Å². The molecule has 8 heterocycles. The number of thiazole rings is 1. The summed E-state index contributed by atoms with van der Waals surface area (Å²) in [6, 6.07) is 14.9. The Morgan fingerprint density at radius 1 is 0.955 bits per heavy atom. The van der Waals surface area contributed by atoms with Gasteiger partial charge in [-0.15, -0.1) is 11.3 Å². The van der Waals surface area contributed by atoms with E-state index in [4.69, 9.17) is 11.6 Å². The maximum atomic E-state index is 16.0. The van der Waals surface area contributed by atoms with Crippen LogP contribution in [0.5, 0.6) is 0 Å². The monoisotopic (exact) mass is 946 g/mol. The number of aryl methyl sites for hydroxylation is 1. The molecule has 4 saturated heterocycles. The number of aromatic nitrogens is 3. The molecule has 0 saturated carbocycles. The third-order valence-electron chi connectivity index (χ3n) is 14.4. The molecule has 2 atom stereocenters. The van der Waals surface area contributed by atoms with Crippen LogP contribution in [0.1, 0.15) is 71.9 Å². The fourth-order valence-electron chi connectivity index (χ4n) is 10.7. The molecule has 67 heavy (non-hydrogen) atoms. The molecule has 5 aromatic rings. The van der Waals surface area contributed by atoms with Gasteiger partial charge in [0.1, 0.15) is 11.9 Å². The number of likely N-dealkylation sites (tertiary alicyclic amines) is 1. The van der Waals surface area contributed by atoms with Crippen LogP contribution in [-0.2, 0) is 38.7 Å². The van der Waals surface area contributed by atoms with Crippen molar-refractivity contribution >= 4 is 74.7 Å². The topological polar surface area (TPSA) is 185 Å². The van der Waals surface area contributed by atoms with Gasteiger partial charge >= 0.3 is 0 Å². The van der Waals surface area contributed by atoms with Crippen molar-refractivity contribution in [3.63, 3.8) is 0 Å².